The maximum atomic E-state index is 6.10. The van der Waals surface area contributed by atoms with Crippen molar-refractivity contribution >= 4 is 0 Å². The first kappa shape index (κ1) is 16.3. The molecule has 2 aliphatic carbocycles. The van der Waals surface area contributed by atoms with Gasteiger partial charge in [0.05, 0.1) is 6.10 Å². The van der Waals surface area contributed by atoms with Gasteiger partial charge in [-0.25, -0.2) is 0 Å². The summed E-state index contributed by atoms with van der Waals surface area (Å²) in [6, 6.07) is 0. The first-order valence-electron chi connectivity index (χ1n) is 8.86. The van der Waals surface area contributed by atoms with Gasteiger partial charge in [0, 0.05) is 13.2 Å². The molecule has 118 valence electrons. The van der Waals surface area contributed by atoms with Crippen molar-refractivity contribution in [2.75, 3.05) is 27.2 Å². The molecule has 2 aliphatic rings. The van der Waals surface area contributed by atoms with Crippen LogP contribution in [0.15, 0.2) is 0 Å². The standard InChI is InChI=1S/C18H35NO/c1-5-10-20-18(13-19(3)4)12-17-9-8-16(14(17)2)11-15-6-7-15/h14-18H,5-13H2,1-4H3/t14?,16-,17-,18?/m1/s1. The third-order valence-electron chi connectivity index (χ3n) is 5.42. The molecule has 0 aromatic carbocycles. The van der Waals surface area contributed by atoms with Crippen LogP contribution in [-0.2, 0) is 4.74 Å². The number of hydrogen-bond acceptors (Lipinski definition) is 2. The van der Waals surface area contributed by atoms with E-state index in [2.05, 4.69) is 32.8 Å². The van der Waals surface area contributed by atoms with E-state index in [9.17, 15) is 0 Å². The SMILES string of the molecule is CCCOC(C[C@H]1CC[C@H](CC2CC2)C1C)CN(C)C. The molecule has 0 spiro atoms. The lowest BCUT2D eigenvalue weighted by molar-refractivity contribution is 0.0160. The highest BCUT2D eigenvalue weighted by Gasteiger charge is 2.37. The summed E-state index contributed by atoms with van der Waals surface area (Å²) < 4.78 is 6.10. The molecule has 0 radical (unpaired) electrons. The summed E-state index contributed by atoms with van der Waals surface area (Å²) >= 11 is 0. The van der Waals surface area contributed by atoms with Gasteiger partial charge in [-0.2, -0.15) is 0 Å². The highest BCUT2D eigenvalue weighted by molar-refractivity contribution is 4.88. The number of rotatable bonds is 9. The van der Waals surface area contributed by atoms with Crippen LogP contribution < -0.4 is 0 Å². The van der Waals surface area contributed by atoms with Crippen LogP contribution in [0.25, 0.3) is 0 Å². The van der Waals surface area contributed by atoms with E-state index in [1.165, 1.54) is 38.5 Å². The third kappa shape index (κ3) is 5.04. The Morgan fingerprint density at radius 2 is 1.80 bits per heavy atom. The molecule has 0 aromatic heterocycles. The Bertz CT molecular complexity index is 275. The molecule has 0 bridgehead atoms. The van der Waals surface area contributed by atoms with Crippen molar-refractivity contribution in [1.82, 2.24) is 4.90 Å². The van der Waals surface area contributed by atoms with E-state index in [1.54, 1.807) is 0 Å². The molecule has 0 amide bonds. The maximum Gasteiger partial charge on any atom is 0.0704 e. The first-order valence-corrected chi connectivity index (χ1v) is 8.86. The lowest BCUT2D eigenvalue weighted by Gasteiger charge is -2.27. The van der Waals surface area contributed by atoms with Gasteiger partial charge in [-0.1, -0.05) is 26.7 Å². The highest BCUT2D eigenvalue weighted by Crippen LogP contribution is 2.46. The minimum atomic E-state index is 0.442. The minimum Gasteiger partial charge on any atom is -0.377 e. The second-order valence-corrected chi connectivity index (χ2v) is 7.63. The number of likely N-dealkylation sites (N-methyl/N-ethyl adjacent to an activating group) is 1. The van der Waals surface area contributed by atoms with E-state index >= 15 is 0 Å². The molecule has 0 heterocycles. The molecular weight excluding hydrogens is 246 g/mol. The fourth-order valence-corrected chi connectivity index (χ4v) is 4.01. The van der Waals surface area contributed by atoms with Crippen LogP contribution in [0.2, 0.25) is 0 Å². The Morgan fingerprint density at radius 3 is 2.40 bits per heavy atom. The van der Waals surface area contributed by atoms with Crippen LogP contribution in [0.1, 0.15) is 58.8 Å². The highest BCUT2D eigenvalue weighted by atomic mass is 16.5. The van der Waals surface area contributed by atoms with E-state index in [0.717, 1.165) is 43.2 Å². The van der Waals surface area contributed by atoms with Gasteiger partial charge in [0.15, 0.2) is 0 Å². The van der Waals surface area contributed by atoms with Crippen LogP contribution >= 0.6 is 0 Å². The van der Waals surface area contributed by atoms with Crippen LogP contribution in [0.3, 0.4) is 0 Å². The van der Waals surface area contributed by atoms with Crippen LogP contribution in [0.5, 0.6) is 0 Å². The lowest BCUT2D eigenvalue weighted by atomic mass is 9.85. The molecule has 2 nitrogen and oxygen atoms in total. The van der Waals surface area contributed by atoms with E-state index in [0.29, 0.717) is 6.10 Å². The van der Waals surface area contributed by atoms with E-state index in [1.807, 2.05) is 0 Å². The van der Waals surface area contributed by atoms with Gasteiger partial charge in [0.25, 0.3) is 0 Å². The molecule has 2 unspecified atom stereocenters. The van der Waals surface area contributed by atoms with Crippen LogP contribution in [0, 0.1) is 23.7 Å². The summed E-state index contributed by atoms with van der Waals surface area (Å²) in [5, 5.41) is 0. The summed E-state index contributed by atoms with van der Waals surface area (Å²) in [5.41, 5.74) is 0. The van der Waals surface area contributed by atoms with Crippen molar-refractivity contribution in [1.29, 1.82) is 0 Å². The summed E-state index contributed by atoms with van der Waals surface area (Å²) in [6.07, 6.45) is 10.3. The second kappa shape index (κ2) is 7.79. The summed E-state index contributed by atoms with van der Waals surface area (Å²) in [5.74, 6) is 3.93. The van der Waals surface area contributed by atoms with Crippen molar-refractivity contribution in [2.24, 2.45) is 23.7 Å². The lowest BCUT2D eigenvalue weighted by Crippen LogP contribution is -2.31. The average molecular weight is 281 g/mol. The molecule has 0 saturated heterocycles. The summed E-state index contributed by atoms with van der Waals surface area (Å²) in [4.78, 5) is 2.28. The normalized spacial score (nSPS) is 31.9. The second-order valence-electron chi connectivity index (χ2n) is 7.63. The predicted molar refractivity (Wildman–Crippen MR) is 85.9 cm³/mol. The average Bonchev–Trinajstić information content (AvgIpc) is 3.15. The topological polar surface area (TPSA) is 12.5 Å². The predicted octanol–water partition coefficient (Wildman–Crippen LogP) is 4.20. The quantitative estimate of drug-likeness (QED) is 0.628. The zero-order chi connectivity index (χ0) is 14.5. The Hall–Kier alpha value is -0.0800. The monoisotopic (exact) mass is 281 g/mol. The Morgan fingerprint density at radius 1 is 1.10 bits per heavy atom. The van der Waals surface area contributed by atoms with Crippen LogP contribution in [-0.4, -0.2) is 38.3 Å². The van der Waals surface area contributed by atoms with Crippen molar-refractivity contribution in [3.8, 4) is 0 Å². The molecule has 2 heteroatoms. The Balaban J connectivity index is 1.79. The van der Waals surface area contributed by atoms with Crippen LogP contribution in [0.4, 0.5) is 0 Å². The van der Waals surface area contributed by atoms with E-state index in [4.69, 9.17) is 4.74 Å². The van der Waals surface area contributed by atoms with Gasteiger partial charge >= 0.3 is 0 Å². The first-order chi connectivity index (χ1) is 9.60. The largest absolute Gasteiger partial charge is 0.377 e. The molecule has 0 N–H and O–H groups in total. The maximum absolute atomic E-state index is 6.10. The molecule has 4 atom stereocenters. The molecule has 0 aromatic rings. The fourth-order valence-electron chi connectivity index (χ4n) is 4.01. The fraction of sp³-hybridized carbons (Fsp3) is 1.00. The Labute approximate surface area is 126 Å². The Kier molecular flexibility index (Phi) is 6.35. The molecule has 2 saturated carbocycles. The van der Waals surface area contributed by atoms with Gasteiger partial charge in [-0.05, 0) is 69.9 Å². The molecule has 2 fully saturated rings. The van der Waals surface area contributed by atoms with Crippen molar-refractivity contribution in [2.45, 2.75) is 64.9 Å². The van der Waals surface area contributed by atoms with Crippen molar-refractivity contribution in [3.63, 3.8) is 0 Å². The molecular formula is C18H35NO. The molecule has 2 rings (SSSR count). The smallest absolute Gasteiger partial charge is 0.0704 e. The zero-order valence-electron chi connectivity index (χ0n) is 14.1. The van der Waals surface area contributed by atoms with Gasteiger partial charge in [0.1, 0.15) is 0 Å². The minimum absolute atomic E-state index is 0.442. The molecule has 20 heavy (non-hydrogen) atoms. The number of nitrogens with zero attached hydrogens (tertiary/aromatic N) is 1. The molecule has 0 aliphatic heterocycles. The third-order valence-corrected chi connectivity index (χ3v) is 5.42. The van der Waals surface area contributed by atoms with E-state index < -0.39 is 0 Å². The summed E-state index contributed by atoms with van der Waals surface area (Å²) in [6.45, 7) is 6.72. The van der Waals surface area contributed by atoms with Gasteiger partial charge in [-0.3, -0.25) is 0 Å². The zero-order valence-corrected chi connectivity index (χ0v) is 14.1. The number of hydrogen-bond donors (Lipinski definition) is 0. The van der Waals surface area contributed by atoms with Gasteiger partial charge in [0.2, 0.25) is 0 Å². The van der Waals surface area contributed by atoms with Gasteiger partial charge in [-0.15, -0.1) is 0 Å². The van der Waals surface area contributed by atoms with E-state index in [-0.39, 0.29) is 0 Å². The number of ether oxygens (including phenoxy) is 1. The summed E-state index contributed by atoms with van der Waals surface area (Å²) in [7, 11) is 4.33. The van der Waals surface area contributed by atoms with Crippen molar-refractivity contribution < 1.29 is 4.74 Å². The van der Waals surface area contributed by atoms with Crippen molar-refractivity contribution in [3.05, 3.63) is 0 Å². The van der Waals surface area contributed by atoms with Gasteiger partial charge < -0.3 is 9.64 Å².